The normalized spacial score (nSPS) is 15.4. The second-order valence-corrected chi connectivity index (χ2v) is 8.39. The minimum absolute atomic E-state index is 0.0793. The van der Waals surface area contributed by atoms with Crippen molar-refractivity contribution in [2.45, 2.75) is 25.7 Å². The highest BCUT2D eigenvalue weighted by Gasteiger charge is 2.23. The minimum Gasteiger partial charge on any atom is -0.508 e. The van der Waals surface area contributed by atoms with Crippen molar-refractivity contribution in [3.05, 3.63) is 112 Å². The summed E-state index contributed by atoms with van der Waals surface area (Å²) >= 11 is 0. The fraction of sp³-hybridized carbons (Fsp3) is 0.179. The van der Waals surface area contributed by atoms with Crippen LogP contribution in [-0.2, 0) is 12.8 Å². The molecule has 4 nitrogen and oxygen atoms in total. The third-order valence-electron chi connectivity index (χ3n) is 6.14. The van der Waals surface area contributed by atoms with Crippen molar-refractivity contribution in [1.82, 2.24) is 0 Å². The van der Waals surface area contributed by atoms with E-state index in [1.54, 1.807) is 0 Å². The SMILES string of the molecule is O=c1cc(C2=CC(CCCc3ccccc3)Cc3ccccc32)oc2cc(O)cc(O)c12. The number of fused-ring (bicyclic) bond motifs is 2. The van der Waals surface area contributed by atoms with Gasteiger partial charge in [0.2, 0.25) is 0 Å². The third-order valence-corrected chi connectivity index (χ3v) is 6.14. The molecular weight excluding hydrogens is 400 g/mol. The van der Waals surface area contributed by atoms with Gasteiger partial charge >= 0.3 is 0 Å². The van der Waals surface area contributed by atoms with E-state index in [-0.39, 0.29) is 27.9 Å². The second-order valence-electron chi connectivity index (χ2n) is 8.39. The number of aromatic hydroxyl groups is 2. The lowest BCUT2D eigenvalue weighted by Gasteiger charge is -2.24. The summed E-state index contributed by atoms with van der Waals surface area (Å²) in [4.78, 5) is 12.8. The first-order valence-corrected chi connectivity index (χ1v) is 10.9. The summed E-state index contributed by atoms with van der Waals surface area (Å²) in [6.07, 6.45) is 6.30. The molecule has 1 atom stereocenters. The maximum atomic E-state index is 12.8. The summed E-state index contributed by atoms with van der Waals surface area (Å²) in [6.45, 7) is 0. The van der Waals surface area contributed by atoms with Crippen molar-refractivity contribution in [2.24, 2.45) is 5.92 Å². The topological polar surface area (TPSA) is 70.7 Å². The number of hydrogen-bond acceptors (Lipinski definition) is 4. The van der Waals surface area contributed by atoms with Crippen molar-refractivity contribution >= 4 is 16.5 Å². The van der Waals surface area contributed by atoms with Crippen LogP contribution in [0.1, 0.15) is 35.3 Å². The predicted molar refractivity (Wildman–Crippen MR) is 126 cm³/mol. The average Bonchev–Trinajstić information content (AvgIpc) is 2.78. The van der Waals surface area contributed by atoms with Gasteiger partial charge in [-0.05, 0) is 48.3 Å². The molecule has 5 rings (SSSR count). The molecule has 0 amide bonds. The van der Waals surface area contributed by atoms with Crippen LogP contribution >= 0.6 is 0 Å². The monoisotopic (exact) mass is 424 g/mol. The van der Waals surface area contributed by atoms with Gasteiger partial charge in [-0.1, -0.05) is 60.7 Å². The number of allylic oxidation sites excluding steroid dienone is 1. The zero-order valence-corrected chi connectivity index (χ0v) is 17.6. The van der Waals surface area contributed by atoms with Crippen LogP contribution < -0.4 is 5.43 Å². The standard InChI is InChI=1S/C28H24O4/c29-21-15-24(30)28-25(31)17-26(32-27(28)16-21)23-14-19(13-20-11-4-5-12-22(20)23)10-6-9-18-7-2-1-3-8-18/h1-5,7-8,11-12,14-17,19,29-30H,6,9-10,13H2. The molecule has 1 unspecified atom stereocenters. The van der Waals surface area contributed by atoms with E-state index in [2.05, 4.69) is 36.4 Å². The fourth-order valence-corrected chi connectivity index (χ4v) is 4.63. The van der Waals surface area contributed by atoms with Crippen molar-refractivity contribution in [1.29, 1.82) is 0 Å². The number of rotatable bonds is 5. The predicted octanol–water partition coefficient (Wildman–Crippen LogP) is 5.83. The maximum Gasteiger partial charge on any atom is 0.197 e. The first-order valence-electron chi connectivity index (χ1n) is 10.9. The second kappa shape index (κ2) is 8.39. The molecule has 0 bridgehead atoms. The lowest BCUT2D eigenvalue weighted by Crippen LogP contribution is -2.12. The molecule has 160 valence electrons. The zero-order valence-electron chi connectivity index (χ0n) is 17.6. The van der Waals surface area contributed by atoms with Crippen LogP contribution in [0, 0.1) is 5.92 Å². The van der Waals surface area contributed by atoms with Crippen molar-refractivity contribution in [3.8, 4) is 11.5 Å². The molecule has 0 saturated carbocycles. The Labute approximate surface area is 186 Å². The van der Waals surface area contributed by atoms with Crippen LogP contribution in [0.5, 0.6) is 11.5 Å². The van der Waals surface area contributed by atoms with Gasteiger partial charge < -0.3 is 14.6 Å². The van der Waals surface area contributed by atoms with Gasteiger partial charge in [0.05, 0.1) is 0 Å². The lowest BCUT2D eigenvalue weighted by atomic mass is 9.81. The van der Waals surface area contributed by atoms with Crippen LogP contribution in [-0.4, -0.2) is 10.2 Å². The quantitative estimate of drug-likeness (QED) is 0.423. The zero-order chi connectivity index (χ0) is 22.1. The number of aryl methyl sites for hydroxylation is 1. The van der Waals surface area contributed by atoms with E-state index in [4.69, 9.17) is 4.42 Å². The molecule has 0 spiro atoms. The molecule has 0 radical (unpaired) electrons. The molecule has 1 aliphatic rings. The van der Waals surface area contributed by atoms with Gasteiger partial charge in [0.1, 0.15) is 28.2 Å². The van der Waals surface area contributed by atoms with Crippen LogP contribution in [0.2, 0.25) is 0 Å². The minimum atomic E-state index is -0.330. The Bertz CT molecular complexity index is 1370. The highest BCUT2D eigenvalue weighted by atomic mass is 16.3. The van der Waals surface area contributed by atoms with Gasteiger partial charge in [0, 0.05) is 23.8 Å². The van der Waals surface area contributed by atoms with Gasteiger partial charge in [-0.25, -0.2) is 0 Å². The Balaban J connectivity index is 1.51. The molecule has 1 heterocycles. The van der Waals surface area contributed by atoms with Gasteiger partial charge in [-0.15, -0.1) is 0 Å². The molecular formula is C28H24O4. The van der Waals surface area contributed by atoms with Crippen molar-refractivity contribution in [3.63, 3.8) is 0 Å². The van der Waals surface area contributed by atoms with Crippen LogP contribution in [0.25, 0.3) is 16.5 Å². The molecule has 1 aliphatic carbocycles. The molecule has 4 heteroatoms. The van der Waals surface area contributed by atoms with Crippen molar-refractivity contribution in [2.75, 3.05) is 0 Å². The number of phenols is 2. The molecule has 0 aliphatic heterocycles. The average molecular weight is 424 g/mol. The van der Waals surface area contributed by atoms with Gasteiger partial charge in [0.25, 0.3) is 0 Å². The van der Waals surface area contributed by atoms with E-state index in [0.29, 0.717) is 11.7 Å². The number of hydrogen-bond donors (Lipinski definition) is 2. The summed E-state index contributed by atoms with van der Waals surface area (Å²) in [5, 5.41) is 20.0. The van der Waals surface area contributed by atoms with E-state index >= 15 is 0 Å². The van der Waals surface area contributed by atoms with Gasteiger partial charge in [-0.2, -0.15) is 0 Å². The highest BCUT2D eigenvalue weighted by Crippen LogP contribution is 2.37. The Kier molecular flexibility index (Phi) is 5.28. The molecule has 0 fully saturated rings. The van der Waals surface area contributed by atoms with E-state index < -0.39 is 0 Å². The summed E-state index contributed by atoms with van der Waals surface area (Å²) in [5.41, 5.74) is 4.36. The van der Waals surface area contributed by atoms with Crippen LogP contribution in [0.4, 0.5) is 0 Å². The van der Waals surface area contributed by atoms with Gasteiger partial charge in [-0.3, -0.25) is 4.79 Å². The fourth-order valence-electron chi connectivity index (χ4n) is 4.63. The van der Waals surface area contributed by atoms with Gasteiger partial charge in [0.15, 0.2) is 5.43 Å². The first kappa shape index (κ1) is 20.1. The lowest BCUT2D eigenvalue weighted by molar-refractivity contribution is 0.451. The Morgan fingerprint density at radius 2 is 1.72 bits per heavy atom. The molecule has 2 N–H and O–H groups in total. The Morgan fingerprint density at radius 3 is 2.56 bits per heavy atom. The smallest absolute Gasteiger partial charge is 0.197 e. The summed E-state index contributed by atoms with van der Waals surface area (Å²) < 4.78 is 6.03. The largest absolute Gasteiger partial charge is 0.508 e. The highest BCUT2D eigenvalue weighted by molar-refractivity contribution is 5.87. The van der Waals surface area contributed by atoms with E-state index in [1.807, 2.05) is 24.3 Å². The summed E-state index contributed by atoms with van der Waals surface area (Å²) in [5.74, 6) is 0.360. The van der Waals surface area contributed by atoms with Crippen molar-refractivity contribution < 1.29 is 14.6 Å². The molecule has 1 aromatic heterocycles. The van der Waals surface area contributed by atoms with E-state index in [9.17, 15) is 15.0 Å². The molecule has 32 heavy (non-hydrogen) atoms. The Hall–Kier alpha value is -3.79. The molecule has 3 aromatic carbocycles. The van der Waals surface area contributed by atoms with Crippen LogP contribution in [0.15, 0.2) is 88.1 Å². The summed E-state index contributed by atoms with van der Waals surface area (Å²) in [6, 6.07) is 22.6. The summed E-state index contributed by atoms with van der Waals surface area (Å²) in [7, 11) is 0. The third kappa shape index (κ3) is 3.92. The molecule has 4 aromatic rings. The van der Waals surface area contributed by atoms with Crippen LogP contribution in [0.3, 0.4) is 0 Å². The maximum absolute atomic E-state index is 12.8. The Morgan fingerprint density at radius 1 is 0.938 bits per heavy atom. The first-order chi connectivity index (χ1) is 15.6. The molecule has 0 saturated heterocycles. The number of benzene rings is 3. The van der Waals surface area contributed by atoms with E-state index in [0.717, 1.165) is 42.9 Å². The van der Waals surface area contributed by atoms with E-state index in [1.165, 1.54) is 23.3 Å². The number of phenolic OH excluding ortho intramolecular Hbond substituents is 2.